The molecule has 1 aromatic rings. The first-order valence-electron chi connectivity index (χ1n) is 7.58. The van der Waals surface area contributed by atoms with Gasteiger partial charge in [0.1, 0.15) is 6.04 Å². The number of hydrogen-bond donors (Lipinski definition) is 1. The molecular weight excluding hydrogens is 270 g/mol. The predicted octanol–water partition coefficient (Wildman–Crippen LogP) is 1.10. The van der Waals surface area contributed by atoms with E-state index < -0.39 is 6.10 Å². The second kappa shape index (κ2) is 7.04. The summed E-state index contributed by atoms with van der Waals surface area (Å²) in [4.78, 5) is 14.0. The minimum atomic E-state index is -0.422. The molecule has 2 atom stereocenters. The summed E-state index contributed by atoms with van der Waals surface area (Å²) in [6, 6.07) is -0.368. The average molecular weight is 295 g/mol. The maximum Gasteiger partial charge on any atom is 0.323 e. The van der Waals surface area contributed by atoms with Gasteiger partial charge in [0, 0.05) is 30.9 Å². The van der Waals surface area contributed by atoms with Crippen LogP contribution in [0.2, 0.25) is 0 Å². The topological polar surface area (TPSA) is 67.6 Å². The molecule has 2 heterocycles. The molecule has 1 aliphatic rings. The third-order valence-corrected chi connectivity index (χ3v) is 4.17. The standard InChI is InChI=1S/C15H25N3O3/c1-4-6-18-11(2)12(9-16-18)10-17-7-5-13(19)8-14(17)15(20)21-3/h9,13-14,19H,4-8,10H2,1-3H3/t13-,14+/m1/s1. The Morgan fingerprint density at radius 1 is 1.57 bits per heavy atom. The Hall–Kier alpha value is -1.40. The van der Waals surface area contributed by atoms with Gasteiger partial charge in [-0.05, 0) is 26.2 Å². The molecule has 21 heavy (non-hydrogen) atoms. The number of hydrogen-bond acceptors (Lipinski definition) is 5. The van der Waals surface area contributed by atoms with Crippen LogP contribution in [0.4, 0.5) is 0 Å². The largest absolute Gasteiger partial charge is 0.468 e. The van der Waals surface area contributed by atoms with Crippen molar-refractivity contribution in [1.82, 2.24) is 14.7 Å². The highest BCUT2D eigenvalue weighted by atomic mass is 16.5. The van der Waals surface area contributed by atoms with Crippen molar-refractivity contribution < 1.29 is 14.6 Å². The van der Waals surface area contributed by atoms with Crippen molar-refractivity contribution in [2.24, 2.45) is 0 Å². The molecule has 1 N–H and O–H groups in total. The van der Waals surface area contributed by atoms with Gasteiger partial charge in [-0.1, -0.05) is 6.92 Å². The van der Waals surface area contributed by atoms with Crippen molar-refractivity contribution in [2.75, 3.05) is 13.7 Å². The van der Waals surface area contributed by atoms with Gasteiger partial charge in [0.05, 0.1) is 19.4 Å². The van der Waals surface area contributed by atoms with Gasteiger partial charge in [-0.3, -0.25) is 14.4 Å². The molecule has 1 saturated heterocycles. The molecule has 1 fully saturated rings. The molecule has 6 heteroatoms. The van der Waals surface area contributed by atoms with Gasteiger partial charge >= 0.3 is 5.97 Å². The monoisotopic (exact) mass is 295 g/mol. The lowest BCUT2D eigenvalue weighted by molar-refractivity contribution is -0.150. The first-order valence-corrected chi connectivity index (χ1v) is 7.58. The van der Waals surface area contributed by atoms with Crippen LogP contribution in [-0.2, 0) is 22.6 Å². The Kier molecular flexibility index (Phi) is 5.36. The zero-order chi connectivity index (χ0) is 15.4. The maximum absolute atomic E-state index is 11.9. The summed E-state index contributed by atoms with van der Waals surface area (Å²) in [6.45, 7) is 6.45. The Labute approximate surface area is 125 Å². The van der Waals surface area contributed by atoms with E-state index >= 15 is 0 Å². The molecule has 2 rings (SSSR count). The van der Waals surface area contributed by atoms with Crippen LogP contribution in [0.3, 0.4) is 0 Å². The molecule has 0 spiro atoms. The van der Waals surface area contributed by atoms with Crippen LogP contribution in [0.5, 0.6) is 0 Å². The van der Waals surface area contributed by atoms with Gasteiger partial charge in [0.15, 0.2) is 0 Å². The second-order valence-corrected chi connectivity index (χ2v) is 5.67. The zero-order valence-electron chi connectivity index (χ0n) is 13.1. The predicted molar refractivity (Wildman–Crippen MR) is 78.7 cm³/mol. The summed E-state index contributed by atoms with van der Waals surface area (Å²) in [7, 11) is 1.39. The van der Waals surface area contributed by atoms with Gasteiger partial charge in [-0.25, -0.2) is 0 Å². The van der Waals surface area contributed by atoms with Crippen LogP contribution >= 0.6 is 0 Å². The van der Waals surface area contributed by atoms with Crippen molar-refractivity contribution in [3.05, 3.63) is 17.5 Å². The summed E-state index contributed by atoms with van der Waals surface area (Å²) in [6.07, 6.45) is 3.63. The number of esters is 1. The number of likely N-dealkylation sites (tertiary alicyclic amines) is 1. The van der Waals surface area contributed by atoms with Gasteiger partial charge in [-0.15, -0.1) is 0 Å². The number of aliphatic hydroxyl groups is 1. The Morgan fingerprint density at radius 2 is 2.33 bits per heavy atom. The third-order valence-electron chi connectivity index (χ3n) is 4.17. The number of methoxy groups -OCH3 is 1. The number of rotatable bonds is 5. The SMILES string of the molecule is CCCn1ncc(CN2CC[C@@H](O)C[C@H]2C(=O)OC)c1C. The Balaban J connectivity index is 2.11. The van der Waals surface area contributed by atoms with Crippen LogP contribution < -0.4 is 0 Å². The lowest BCUT2D eigenvalue weighted by Gasteiger charge is -2.35. The van der Waals surface area contributed by atoms with Crippen molar-refractivity contribution >= 4 is 5.97 Å². The average Bonchev–Trinajstić information content (AvgIpc) is 2.82. The second-order valence-electron chi connectivity index (χ2n) is 5.67. The van der Waals surface area contributed by atoms with E-state index in [9.17, 15) is 9.90 Å². The first-order chi connectivity index (χ1) is 10.1. The first kappa shape index (κ1) is 16.0. The highest BCUT2D eigenvalue weighted by Crippen LogP contribution is 2.22. The lowest BCUT2D eigenvalue weighted by Crippen LogP contribution is -2.48. The molecule has 1 aliphatic heterocycles. The fraction of sp³-hybridized carbons (Fsp3) is 0.733. The normalized spacial score (nSPS) is 23.2. The number of carbonyl (C=O) groups excluding carboxylic acids is 1. The highest BCUT2D eigenvalue weighted by Gasteiger charge is 2.33. The number of aromatic nitrogens is 2. The molecule has 0 radical (unpaired) electrons. The molecule has 0 saturated carbocycles. The quantitative estimate of drug-likeness (QED) is 0.824. The van der Waals surface area contributed by atoms with Gasteiger partial charge in [0.25, 0.3) is 0 Å². The molecule has 6 nitrogen and oxygen atoms in total. The fourth-order valence-electron chi connectivity index (χ4n) is 2.86. The number of nitrogens with zero attached hydrogens (tertiary/aromatic N) is 3. The van der Waals surface area contributed by atoms with E-state index in [1.165, 1.54) is 7.11 Å². The number of piperidine rings is 1. The summed E-state index contributed by atoms with van der Waals surface area (Å²) >= 11 is 0. The van der Waals surface area contributed by atoms with Crippen LogP contribution in [0.1, 0.15) is 37.4 Å². The number of aryl methyl sites for hydroxylation is 1. The van der Waals surface area contributed by atoms with Crippen molar-refractivity contribution in [2.45, 2.75) is 58.3 Å². The highest BCUT2D eigenvalue weighted by molar-refractivity contribution is 5.75. The van der Waals surface area contributed by atoms with E-state index in [-0.39, 0.29) is 12.0 Å². The van der Waals surface area contributed by atoms with Gasteiger partial charge in [0.2, 0.25) is 0 Å². The summed E-state index contributed by atoms with van der Waals surface area (Å²) < 4.78 is 6.87. The number of aliphatic hydroxyl groups excluding tert-OH is 1. The van der Waals surface area contributed by atoms with Gasteiger partial charge < -0.3 is 9.84 Å². The number of ether oxygens (including phenoxy) is 1. The minimum absolute atomic E-state index is 0.271. The molecular formula is C15H25N3O3. The van der Waals surface area contributed by atoms with Crippen LogP contribution in [0.15, 0.2) is 6.20 Å². The zero-order valence-corrected chi connectivity index (χ0v) is 13.1. The summed E-state index contributed by atoms with van der Waals surface area (Å²) in [5.74, 6) is -0.271. The fourth-order valence-corrected chi connectivity index (χ4v) is 2.86. The molecule has 0 bridgehead atoms. The summed E-state index contributed by atoms with van der Waals surface area (Å²) in [5.41, 5.74) is 2.28. The van der Waals surface area contributed by atoms with Crippen LogP contribution in [0, 0.1) is 6.92 Å². The molecule has 0 aromatic carbocycles. The maximum atomic E-state index is 11.9. The van der Waals surface area contributed by atoms with Crippen LogP contribution in [-0.4, -0.2) is 51.6 Å². The van der Waals surface area contributed by atoms with E-state index in [4.69, 9.17) is 4.74 Å². The molecule has 1 aromatic heterocycles. The lowest BCUT2D eigenvalue weighted by atomic mass is 9.99. The van der Waals surface area contributed by atoms with E-state index in [1.807, 2.05) is 10.9 Å². The molecule has 0 aliphatic carbocycles. The molecule has 0 unspecified atom stereocenters. The van der Waals surface area contributed by atoms with Crippen molar-refractivity contribution in [3.63, 3.8) is 0 Å². The minimum Gasteiger partial charge on any atom is -0.468 e. The van der Waals surface area contributed by atoms with Crippen molar-refractivity contribution in [3.8, 4) is 0 Å². The van der Waals surface area contributed by atoms with E-state index in [1.54, 1.807) is 0 Å². The van der Waals surface area contributed by atoms with E-state index in [2.05, 4.69) is 23.8 Å². The molecule has 0 amide bonds. The van der Waals surface area contributed by atoms with E-state index in [0.29, 0.717) is 25.9 Å². The Bertz CT molecular complexity index is 487. The van der Waals surface area contributed by atoms with Crippen molar-refractivity contribution in [1.29, 1.82) is 0 Å². The van der Waals surface area contributed by atoms with Gasteiger partial charge in [-0.2, -0.15) is 5.10 Å². The third kappa shape index (κ3) is 3.63. The Morgan fingerprint density at radius 3 is 3.00 bits per heavy atom. The summed E-state index contributed by atoms with van der Waals surface area (Å²) in [5, 5.41) is 14.2. The smallest absolute Gasteiger partial charge is 0.323 e. The number of carbonyl (C=O) groups is 1. The molecule has 118 valence electrons. The van der Waals surface area contributed by atoms with Crippen LogP contribution in [0.25, 0.3) is 0 Å². The van der Waals surface area contributed by atoms with E-state index in [0.717, 1.165) is 24.2 Å².